The summed E-state index contributed by atoms with van der Waals surface area (Å²) < 4.78 is 69.7. The lowest BCUT2D eigenvalue weighted by molar-refractivity contribution is -0.214. The molecule has 0 atom stereocenters. The van der Waals surface area contributed by atoms with Crippen LogP contribution in [-0.2, 0) is 14.8 Å². The monoisotopic (exact) mass is 450 g/mol. The Balaban J connectivity index is 1.55. The fourth-order valence-corrected chi connectivity index (χ4v) is 6.86. The third kappa shape index (κ3) is 3.84. The van der Waals surface area contributed by atoms with Crippen LogP contribution in [0.5, 0.6) is 0 Å². The van der Waals surface area contributed by atoms with Gasteiger partial charge in [0.05, 0.1) is 23.8 Å². The summed E-state index contributed by atoms with van der Waals surface area (Å²) in [4.78, 5) is 25.4. The van der Waals surface area contributed by atoms with Crippen LogP contribution >= 0.6 is 11.3 Å². The number of anilines is 1. The molecule has 160 valence electrons. The number of carbonyl (C=O) groups is 2. The highest BCUT2D eigenvalue weighted by atomic mass is 32.2. The molecule has 0 radical (unpaired) electrons. The fourth-order valence-electron chi connectivity index (χ4n) is 5.67. The van der Waals surface area contributed by atoms with Crippen molar-refractivity contribution in [2.24, 2.45) is 5.41 Å². The van der Waals surface area contributed by atoms with Crippen LogP contribution < -0.4 is 10.0 Å². The molecule has 4 aliphatic rings. The molecule has 4 saturated carbocycles. The maximum Gasteiger partial charge on any atom is 0.231 e. The van der Waals surface area contributed by atoms with E-state index in [2.05, 4.69) is 10.0 Å². The molecule has 4 fully saturated rings. The molecule has 0 unspecified atom stereocenters. The van der Waals surface area contributed by atoms with Gasteiger partial charge < -0.3 is 5.32 Å². The van der Waals surface area contributed by atoms with Crippen molar-refractivity contribution in [3.05, 3.63) is 17.0 Å². The molecule has 1 aromatic heterocycles. The van der Waals surface area contributed by atoms with Crippen LogP contribution in [0.25, 0.3) is 0 Å². The number of thiophene rings is 1. The van der Waals surface area contributed by atoms with Gasteiger partial charge in [0.2, 0.25) is 15.9 Å². The van der Waals surface area contributed by atoms with E-state index in [1.807, 2.05) is 0 Å². The molecule has 0 spiro atoms. The molecule has 0 saturated heterocycles. The van der Waals surface area contributed by atoms with E-state index in [1.54, 1.807) is 0 Å². The van der Waals surface area contributed by atoms with Crippen molar-refractivity contribution in [1.29, 1.82) is 0 Å². The lowest BCUT2D eigenvalue weighted by Gasteiger charge is -2.62. The highest BCUT2D eigenvalue weighted by Gasteiger charge is 2.72. The number of alkyl halides is 3. The zero-order valence-electron chi connectivity index (χ0n) is 15.7. The summed E-state index contributed by atoms with van der Waals surface area (Å²) in [6.07, 6.45) is -0.980. The summed E-state index contributed by atoms with van der Waals surface area (Å²) in [5, 5.41) is 4.25. The highest BCUT2D eigenvalue weighted by molar-refractivity contribution is 7.88. The van der Waals surface area contributed by atoms with Crippen LogP contribution in [0.15, 0.2) is 11.4 Å². The van der Waals surface area contributed by atoms with E-state index in [0.717, 1.165) is 17.6 Å². The van der Waals surface area contributed by atoms with Crippen LogP contribution in [0, 0.1) is 5.41 Å². The lowest BCUT2D eigenvalue weighted by atomic mass is 9.46. The van der Waals surface area contributed by atoms with Gasteiger partial charge in [-0.2, -0.15) is 0 Å². The van der Waals surface area contributed by atoms with Gasteiger partial charge in [-0.3, -0.25) is 9.59 Å². The average molecular weight is 451 g/mol. The number of nitrogens with one attached hydrogen (secondary N) is 2. The molecule has 0 aliphatic heterocycles. The Hall–Kier alpha value is -1.46. The van der Waals surface area contributed by atoms with E-state index in [4.69, 9.17) is 0 Å². The van der Waals surface area contributed by atoms with Gasteiger partial charge in [-0.05, 0) is 30.7 Å². The van der Waals surface area contributed by atoms with Gasteiger partial charge in [0.15, 0.2) is 5.78 Å². The van der Waals surface area contributed by atoms with Gasteiger partial charge in [0.1, 0.15) is 22.0 Å². The average Bonchev–Trinajstić information content (AvgIpc) is 2.95. The summed E-state index contributed by atoms with van der Waals surface area (Å²) in [5.41, 5.74) is -7.58. The first-order valence-corrected chi connectivity index (χ1v) is 12.0. The van der Waals surface area contributed by atoms with Crippen molar-refractivity contribution >= 4 is 38.1 Å². The number of amides is 1. The molecular formula is C18H21F3N2O4S2. The van der Waals surface area contributed by atoms with Crippen LogP contribution in [0.4, 0.5) is 18.2 Å². The van der Waals surface area contributed by atoms with Gasteiger partial charge in [0, 0.05) is 19.3 Å². The molecule has 5 rings (SSSR count). The number of halogens is 3. The quantitative estimate of drug-likeness (QED) is 0.652. The maximum absolute atomic E-state index is 15.1. The Morgan fingerprint density at radius 3 is 2.03 bits per heavy atom. The molecule has 11 heteroatoms. The minimum absolute atomic E-state index is 0.0871. The standard InChI is InChI=1S/C18H21F3N2O4S2/c1-29(26,27)22-4-12(24)11-2-3-28-13(11)23-14(25)15-5-16(19)8-17(20,6-15)10-18(21,7-15)9-16/h2-3,22H,4-10H2,1H3,(H,23,25). The molecule has 1 aromatic rings. The number of carbonyl (C=O) groups excluding carboxylic acids is 2. The maximum atomic E-state index is 15.1. The van der Waals surface area contributed by atoms with Crippen molar-refractivity contribution in [3.8, 4) is 0 Å². The van der Waals surface area contributed by atoms with Crippen LogP contribution in [0.2, 0.25) is 0 Å². The second kappa shape index (κ2) is 6.27. The molecule has 0 aromatic carbocycles. The predicted molar refractivity (Wildman–Crippen MR) is 102 cm³/mol. The minimum atomic E-state index is -3.58. The number of hydrogen-bond donors (Lipinski definition) is 2. The molecule has 29 heavy (non-hydrogen) atoms. The van der Waals surface area contributed by atoms with Crippen molar-refractivity contribution in [2.75, 3.05) is 18.1 Å². The third-order valence-electron chi connectivity index (χ3n) is 6.04. The number of sulfonamides is 1. The number of ketones is 1. The van der Waals surface area contributed by atoms with E-state index < -0.39 is 50.7 Å². The van der Waals surface area contributed by atoms with Crippen molar-refractivity contribution in [1.82, 2.24) is 4.72 Å². The van der Waals surface area contributed by atoms with Crippen LogP contribution in [0.1, 0.15) is 48.9 Å². The van der Waals surface area contributed by atoms with Gasteiger partial charge in [-0.1, -0.05) is 0 Å². The van der Waals surface area contributed by atoms with Gasteiger partial charge in [-0.25, -0.2) is 26.3 Å². The van der Waals surface area contributed by atoms with Crippen LogP contribution in [0.3, 0.4) is 0 Å². The largest absolute Gasteiger partial charge is 0.317 e. The van der Waals surface area contributed by atoms with Gasteiger partial charge in [-0.15, -0.1) is 11.3 Å². The Morgan fingerprint density at radius 2 is 1.55 bits per heavy atom. The smallest absolute Gasteiger partial charge is 0.231 e. The topological polar surface area (TPSA) is 92.3 Å². The first-order valence-electron chi connectivity index (χ1n) is 9.18. The third-order valence-corrected chi connectivity index (χ3v) is 7.53. The normalized spacial score (nSPS) is 38.2. The second-order valence-electron chi connectivity index (χ2n) is 8.93. The highest BCUT2D eigenvalue weighted by Crippen LogP contribution is 2.68. The van der Waals surface area contributed by atoms with Crippen molar-refractivity contribution in [2.45, 2.75) is 55.5 Å². The minimum Gasteiger partial charge on any atom is -0.317 e. The summed E-state index contributed by atoms with van der Waals surface area (Å²) in [7, 11) is -3.58. The van der Waals surface area contributed by atoms with Gasteiger partial charge >= 0.3 is 0 Å². The molecular weight excluding hydrogens is 429 g/mol. The van der Waals surface area contributed by atoms with Crippen molar-refractivity contribution < 1.29 is 31.2 Å². The summed E-state index contributed by atoms with van der Waals surface area (Å²) in [6, 6.07) is 1.43. The first-order chi connectivity index (χ1) is 13.2. The fraction of sp³-hybridized carbons (Fsp3) is 0.667. The zero-order chi connectivity index (χ0) is 21.3. The summed E-state index contributed by atoms with van der Waals surface area (Å²) in [5.74, 6) is -1.27. The SMILES string of the molecule is CS(=O)(=O)NCC(=O)c1ccsc1NC(=O)C12CC3(F)CC(F)(CC(F)(C3)C1)C2. The number of rotatable bonds is 6. The molecule has 4 bridgehead atoms. The molecule has 1 heterocycles. The lowest BCUT2D eigenvalue weighted by Crippen LogP contribution is -2.67. The number of hydrogen-bond acceptors (Lipinski definition) is 5. The van der Waals surface area contributed by atoms with Crippen LogP contribution in [-0.4, -0.2) is 49.9 Å². The Labute approximate surface area is 170 Å². The van der Waals surface area contributed by atoms with E-state index in [1.165, 1.54) is 11.4 Å². The Bertz CT molecular complexity index is 939. The Morgan fingerprint density at radius 1 is 1.03 bits per heavy atom. The van der Waals surface area contributed by atoms with Crippen molar-refractivity contribution in [3.63, 3.8) is 0 Å². The molecule has 6 nitrogen and oxygen atoms in total. The van der Waals surface area contributed by atoms with E-state index in [0.29, 0.717) is 0 Å². The zero-order valence-corrected chi connectivity index (χ0v) is 17.3. The second-order valence-corrected chi connectivity index (χ2v) is 11.7. The summed E-state index contributed by atoms with van der Waals surface area (Å²) >= 11 is 1.03. The van der Waals surface area contributed by atoms with Gasteiger partial charge in [0.25, 0.3) is 0 Å². The van der Waals surface area contributed by atoms with E-state index in [-0.39, 0.29) is 49.1 Å². The van der Waals surface area contributed by atoms with E-state index in [9.17, 15) is 18.0 Å². The summed E-state index contributed by atoms with van der Waals surface area (Å²) in [6.45, 7) is -0.488. The molecule has 2 N–H and O–H groups in total. The van der Waals surface area contributed by atoms with E-state index >= 15 is 13.2 Å². The predicted octanol–water partition coefficient (Wildman–Crippen LogP) is 2.91. The number of Topliss-reactive ketones (excluding diaryl/α,β-unsaturated/α-hetero) is 1. The Kier molecular flexibility index (Phi) is 4.50. The molecule has 4 aliphatic carbocycles. The first kappa shape index (κ1) is 20.8. The molecule has 1 amide bonds.